The Labute approximate surface area is 262 Å². The standard InChI is InChI=1S/C33H64NO8P/c1-3-5-7-8-9-10-11-12-13-14-15-16-17-18-19-20-21-22-23-25-31(37)30(24-6-4-2)33(38)32(26-34)42-43(39,40)41-28-29(36)27-35/h24,29,32,35-36H,3-23,25-28,34H2,1-2H3,(H,39,40)/t29-,32?/m1/s1. The largest absolute Gasteiger partial charge is 0.473 e. The third-order valence-corrected chi connectivity index (χ3v) is 8.61. The Balaban J connectivity index is 4.15. The molecular weight excluding hydrogens is 569 g/mol. The van der Waals surface area contributed by atoms with Gasteiger partial charge in [0.05, 0.1) is 18.8 Å². The molecule has 2 unspecified atom stereocenters. The van der Waals surface area contributed by atoms with Crippen molar-refractivity contribution in [2.75, 3.05) is 19.8 Å². The van der Waals surface area contributed by atoms with Gasteiger partial charge in [-0.2, -0.15) is 0 Å². The van der Waals surface area contributed by atoms with Crippen molar-refractivity contribution in [1.82, 2.24) is 0 Å². The molecule has 0 aliphatic carbocycles. The predicted octanol–water partition coefficient (Wildman–Crippen LogP) is 7.49. The number of hydrogen-bond donors (Lipinski definition) is 4. The Hall–Kier alpha value is -0.930. The molecule has 9 nitrogen and oxygen atoms in total. The fourth-order valence-electron chi connectivity index (χ4n) is 4.93. The molecule has 0 aromatic carbocycles. The third kappa shape index (κ3) is 24.0. The molecule has 0 heterocycles. The van der Waals surface area contributed by atoms with Gasteiger partial charge >= 0.3 is 7.82 Å². The van der Waals surface area contributed by atoms with Crippen LogP contribution in [0.3, 0.4) is 0 Å². The monoisotopic (exact) mass is 633 g/mol. The average Bonchev–Trinajstić information content (AvgIpc) is 2.99. The molecular formula is C33H64NO8P. The molecule has 5 N–H and O–H groups in total. The molecule has 254 valence electrons. The number of phosphoric ester groups is 1. The lowest BCUT2D eigenvalue weighted by atomic mass is 9.96. The quantitative estimate of drug-likeness (QED) is 0.0194. The van der Waals surface area contributed by atoms with Crippen molar-refractivity contribution in [2.45, 2.75) is 167 Å². The normalized spacial score (nSPS) is 14.9. The maximum absolute atomic E-state index is 13.0. The summed E-state index contributed by atoms with van der Waals surface area (Å²) in [7, 11) is -4.75. The summed E-state index contributed by atoms with van der Waals surface area (Å²) in [5, 5.41) is 18.2. The van der Waals surface area contributed by atoms with E-state index in [1.807, 2.05) is 6.92 Å². The summed E-state index contributed by atoms with van der Waals surface area (Å²) >= 11 is 0. The van der Waals surface area contributed by atoms with Crippen molar-refractivity contribution >= 4 is 19.4 Å². The van der Waals surface area contributed by atoms with Crippen molar-refractivity contribution in [3.05, 3.63) is 11.6 Å². The highest BCUT2D eigenvalue weighted by Gasteiger charge is 2.34. The Kier molecular flexibility index (Phi) is 27.9. The van der Waals surface area contributed by atoms with E-state index in [1.165, 1.54) is 96.3 Å². The minimum absolute atomic E-state index is 0.0601. The summed E-state index contributed by atoms with van der Waals surface area (Å²) in [6.45, 7) is 2.43. The molecule has 0 aromatic rings. The molecule has 0 bridgehead atoms. The van der Waals surface area contributed by atoms with Crippen LogP contribution in [0.5, 0.6) is 0 Å². The van der Waals surface area contributed by atoms with E-state index in [-0.39, 0.29) is 17.8 Å². The zero-order chi connectivity index (χ0) is 32.2. The van der Waals surface area contributed by atoms with E-state index in [9.17, 15) is 24.2 Å². The SMILES string of the molecule is CCCC=C(C(=O)CCCCCCCCCCCCCCCCCCCCC)C(=O)C(CN)OP(=O)(O)OC[C@H](O)CO. The molecule has 0 saturated carbocycles. The third-order valence-electron chi connectivity index (χ3n) is 7.62. The first-order chi connectivity index (χ1) is 20.7. The highest BCUT2D eigenvalue weighted by Crippen LogP contribution is 2.45. The zero-order valence-electron chi connectivity index (χ0n) is 27.3. The second-order valence-electron chi connectivity index (χ2n) is 11.7. The van der Waals surface area contributed by atoms with Crippen molar-refractivity contribution in [2.24, 2.45) is 5.73 Å². The maximum atomic E-state index is 13.0. The zero-order valence-corrected chi connectivity index (χ0v) is 28.2. The Morgan fingerprint density at radius 1 is 0.767 bits per heavy atom. The van der Waals surface area contributed by atoms with E-state index < -0.39 is 45.6 Å². The lowest BCUT2D eigenvalue weighted by Gasteiger charge is -2.20. The topological polar surface area (TPSA) is 156 Å². The van der Waals surface area contributed by atoms with Crippen molar-refractivity contribution in [1.29, 1.82) is 0 Å². The molecule has 0 radical (unpaired) electrons. The first-order valence-electron chi connectivity index (χ1n) is 17.1. The number of carbonyl (C=O) groups is 2. The van der Waals surface area contributed by atoms with E-state index in [0.29, 0.717) is 12.8 Å². The molecule has 10 heteroatoms. The summed E-state index contributed by atoms with van der Waals surface area (Å²) < 4.78 is 21.7. The molecule has 3 atom stereocenters. The van der Waals surface area contributed by atoms with Crippen LogP contribution in [0.25, 0.3) is 0 Å². The molecule has 0 saturated heterocycles. The van der Waals surface area contributed by atoms with Gasteiger partial charge in [0.1, 0.15) is 12.2 Å². The van der Waals surface area contributed by atoms with Gasteiger partial charge in [-0.05, 0) is 12.8 Å². The average molecular weight is 634 g/mol. The summed E-state index contributed by atoms with van der Waals surface area (Å²) in [6, 6.07) is 0. The van der Waals surface area contributed by atoms with Gasteiger partial charge < -0.3 is 20.8 Å². The molecule has 43 heavy (non-hydrogen) atoms. The number of rotatable bonds is 32. The molecule has 0 aliphatic rings. The minimum Gasteiger partial charge on any atom is -0.394 e. The second-order valence-corrected chi connectivity index (χ2v) is 13.1. The van der Waals surface area contributed by atoms with E-state index in [1.54, 1.807) is 6.08 Å². The van der Waals surface area contributed by atoms with Gasteiger partial charge in [-0.15, -0.1) is 0 Å². The van der Waals surface area contributed by atoms with E-state index in [0.717, 1.165) is 25.7 Å². The van der Waals surface area contributed by atoms with Crippen LogP contribution in [0.2, 0.25) is 0 Å². The van der Waals surface area contributed by atoms with E-state index in [4.69, 9.17) is 15.4 Å². The molecule has 0 fully saturated rings. The molecule has 0 aromatic heterocycles. The Morgan fingerprint density at radius 3 is 1.60 bits per heavy atom. The van der Waals surface area contributed by atoms with Crippen LogP contribution in [0.1, 0.15) is 155 Å². The number of Topliss-reactive ketones (excluding diaryl/α,β-unsaturated/α-hetero) is 2. The van der Waals surface area contributed by atoms with Crippen molar-refractivity contribution < 1.29 is 38.3 Å². The van der Waals surface area contributed by atoms with Gasteiger partial charge in [0.2, 0.25) is 0 Å². The summed E-state index contributed by atoms with van der Waals surface area (Å²) in [5.41, 5.74) is 5.56. The van der Waals surface area contributed by atoms with Crippen LogP contribution < -0.4 is 5.73 Å². The summed E-state index contributed by atoms with van der Waals surface area (Å²) in [5.74, 6) is -1.07. The summed E-state index contributed by atoms with van der Waals surface area (Å²) in [6.07, 6.45) is 24.1. The maximum Gasteiger partial charge on any atom is 0.473 e. The number of aliphatic hydroxyl groups excluding tert-OH is 2. The van der Waals surface area contributed by atoms with Gasteiger partial charge in [0, 0.05) is 13.0 Å². The lowest BCUT2D eigenvalue weighted by Crippen LogP contribution is -2.35. The van der Waals surface area contributed by atoms with Crippen molar-refractivity contribution in [3.8, 4) is 0 Å². The molecule has 0 amide bonds. The van der Waals surface area contributed by atoms with Crippen LogP contribution >= 0.6 is 7.82 Å². The van der Waals surface area contributed by atoms with Gasteiger partial charge in [-0.25, -0.2) is 4.57 Å². The van der Waals surface area contributed by atoms with Gasteiger partial charge in [0.25, 0.3) is 0 Å². The lowest BCUT2D eigenvalue weighted by molar-refractivity contribution is -0.126. The number of nitrogens with two attached hydrogens (primary N) is 1. The Bertz CT molecular complexity index is 776. The smallest absolute Gasteiger partial charge is 0.394 e. The van der Waals surface area contributed by atoms with Crippen LogP contribution in [0, 0.1) is 0 Å². The number of phosphoric acid groups is 1. The first-order valence-corrected chi connectivity index (χ1v) is 18.6. The van der Waals surface area contributed by atoms with Crippen LogP contribution in [0.4, 0.5) is 0 Å². The molecule has 0 aliphatic heterocycles. The van der Waals surface area contributed by atoms with Gasteiger partial charge in [-0.3, -0.25) is 18.6 Å². The fourth-order valence-corrected chi connectivity index (χ4v) is 5.86. The van der Waals surface area contributed by atoms with Crippen LogP contribution in [0.15, 0.2) is 11.6 Å². The van der Waals surface area contributed by atoms with Gasteiger partial charge in [-0.1, -0.05) is 142 Å². The minimum atomic E-state index is -4.75. The van der Waals surface area contributed by atoms with E-state index >= 15 is 0 Å². The first kappa shape index (κ1) is 42.1. The number of hydrogen-bond acceptors (Lipinski definition) is 8. The van der Waals surface area contributed by atoms with E-state index in [2.05, 4.69) is 11.4 Å². The van der Waals surface area contributed by atoms with Crippen molar-refractivity contribution in [3.63, 3.8) is 0 Å². The number of unbranched alkanes of at least 4 members (excludes halogenated alkanes) is 19. The van der Waals surface area contributed by atoms with Gasteiger partial charge in [0.15, 0.2) is 11.6 Å². The molecule has 0 spiro atoms. The predicted molar refractivity (Wildman–Crippen MR) is 174 cm³/mol. The second kappa shape index (κ2) is 28.5. The van der Waals surface area contributed by atoms with Crippen LogP contribution in [-0.4, -0.2) is 58.6 Å². The number of carbonyl (C=O) groups excluding carboxylic acids is 2. The fraction of sp³-hybridized carbons (Fsp3) is 0.879. The Morgan fingerprint density at radius 2 is 1.21 bits per heavy atom. The highest BCUT2D eigenvalue weighted by molar-refractivity contribution is 7.47. The number of allylic oxidation sites excluding steroid dienone is 1. The number of aliphatic hydroxyl groups is 2. The highest BCUT2D eigenvalue weighted by atomic mass is 31.2. The van der Waals surface area contributed by atoms with Crippen LogP contribution in [-0.2, 0) is 23.2 Å². The number of ketones is 2. The summed E-state index contributed by atoms with van der Waals surface area (Å²) in [4.78, 5) is 35.8. The molecule has 0 rings (SSSR count).